The summed E-state index contributed by atoms with van der Waals surface area (Å²) in [5, 5.41) is 3.02. The third-order valence-electron chi connectivity index (χ3n) is 3.27. The predicted molar refractivity (Wildman–Crippen MR) is 93.7 cm³/mol. The third-order valence-corrected chi connectivity index (χ3v) is 4.53. The second kappa shape index (κ2) is 6.93. The molecule has 1 aliphatic rings. The Morgan fingerprint density at radius 3 is 2.48 bits per heavy atom. The number of para-hydroxylation sites is 1. The van der Waals surface area contributed by atoms with E-state index in [4.69, 9.17) is 11.6 Å². The van der Waals surface area contributed by atoms with Crippen LogP contribution in [0.25, 0.3) is 6.08 Å². The van der Waals surface area contributed by atoms with Crippen molar-refractivity contribution in [1.29, 1.82) is 0 Å². The maximum atomic E-state index is 13.0. The summed E-state index contributed by atoms with van der Waals surface area (Å²) >= 11 is 7.01. The summed E-state index contributed by atoms with van der Waals surface area (Å²) in [6.45, 7) is 0. The number of hydrogen-bond donors (Lipinski definition) is 1. The molecule has 0 aliphatic carbocycles. The minimum absolute atomic E-state index is 0.0833. The second-order valence-electron chi connectivity index (χ2n) is 5.02. The predicted octanol–water partition coefficient (Wildman–Crippen LogP) is 5.25. The Bertz CT molecular complexity index is 893. The van der Waals surface area contributed by atoms with E-state index in [0.717, 1.165) is 17.8 Å². The van der Waals surface area contributed by atoms with E-state index >= 15 is 0 Å². The van der Waals surface area contributed by atoms with Crippen molar-refractivity contribution < 1.29 is 18.0 Å². The van der Waals surface area contributed by atoms with Gasteiger partial charge in [0.1, 0.15) is 0 Å². The Balaban J connectivity index is 1.91. The van der Waals surface area contributed by atoms with Gasteiger partial charge in [-0.1, -0.05) is 41.9 Å². The van der Waals surface area contributed by atoms with Gasteiger partial charge in [-0.25, -0.2) is 4.99 Å². The first-order valence-corrected chi connectivity index (χ1v) is 8.24. The lowest BCUT2D eigenvalue weighted by atomic mass is 10.2. The molecule has 2 aromatic carbocycles. The average molecular weight is 383 g/mol. The van der Waals surface area contributed by atoms with Gasteiger partial charge in [0, 0.05) is 5.02 Å². The van der Waals surface area contributed by atoms with Crippen molar-refractivity contribution in [1.82, 2.24) is 5.32 Å². The summed E-state index contributed by atoms with van der Waals surface area (Å²) in [4.78, 5) is 16.3. The van der Waals surface area contributed by atoms with Crippen LogP contribution in [0.3, 0.4) is 0 Å². The van der Waals surface area contributed by atoms with Crippen molar-refractivity contribution >= 4 is 46.2 Å². The van der Waals surface area contributed by atoms with Crippen molar-refractivity contribution in [3.8, 4) is 0 Å². The molecule has 0 saturated carbocycles. The van der Waals surface area contributed by atoms with Crippen LogP contribution < -0.4 is 5.32 Å². The number of carbonyl (C=O) groups is 1. The number of aliphatic imine (C=N–C) groups is 1. The van der Waals surface area contributed by atoms with E-state index in [0.29, 0.717) is 15.5 Å². The molecular formula is C17H10ClF3N2OS. The van der Waals surface area contributed by atoms with Gasteiger partial charge < -0.3 is 5.32 Å². The van der Waals surface area contributed by atoms with Crippen molar-refractivity contribution in [2.45, 2.75) is 6.18 Å². The van der Waals surface area contributed by atoms with Crippen LogP contribution >= 0.6 is 23.4 Å². The fraction of sp³-hybridized carbons (Fsp3) is 0.0588. The summed E-state index contributed by atoms with van der Waals surface area (Å²) in [6, 6.07) is 11.9. The zero-order chi connectivity index (χ0) is 18.0. The maximum Gasteiger partial charge on any atom is 0.418 e. The minimum atomic E-state index is -4.52. The topological polar surface area (TPSA) is 41.5 Å². The number of hydrogen-bond acceptors (Lipinski definition) is 3. The first-order chi connectivity index (χ1) is 11.8. The highest BCUT2D eigenvalue weighted by molar-refractivity contribution is 8.18. The van der Waals surface area contributed by atoms with Crippen LogP contribution in [0.15, 0.2) is 58.4 Å². The number of amides is 1. The van der Waals surface area contributed by atoms with Gasteiger partial charge in [0.05, 0.1) is 16.2 Å². The fourth-order valence-corrected chi connectivity index (χ4v) is 3.15. The van der Waals surface area contributed by atoms with E-state index in [1.54, 1.807) is 30.3 Å². The molecule has 0 radical (unpaired) electrons. The van der Waals surface area contributed by atoms with E-state index in [1.807, 2.05) is 0 Å². The zero-order valence-corrected chi connectivity index (χ0v) is 14.0. The number of rotatable bonds is 2. The maximum absolute atomic E-state index is 13.0. The molecule has 8 heteroatoms. The largest absolute Gasteiger partial charge is 0.418 e. The molecule has 1 aliphatic heterocycles. The SMILES string of the molecule is O=C1NC(=Nc2ccccc2C(F)(F)F)S/C1=C\c1ccccc1Cl. The molecule has 0 bridgehead atoms. The number of thioether (sulfide) groups is 1. The van der Waals surface area contributed by atoms with Crippen LogP contribution in [0.4, 0.5) is 18.9 Å². The number of benzene rings is 2. The molecule has 128 valence electrons. The van der Waals surface area contributed by atoms with Gasteiger partial charge in [-0.15, -0.1) is 0 Å². The number of alkyl halides is 3. The van der Waals surface area contributed by atoms with Crippen molar-refractivity contribution in [2.24, 2.45) is 4.99 Å². The molecular weight excluding hydrogens is 373 g/mol. The summed E-state index contributed by atoms with van der Waals surface area (Å²) in [7, 11) is 0. The standard InChI is InChI=1S/C17H10ClF3N2OS/c18-12-7-3-1-5-10(12)9-14-15(24)23-16(25-14)22-13-8-4-2-6-11(13)17(19,20)21/h1-9H,(H,22,23,24)/b14-9-. The Morgan fingerprint density at radius 1 is 1.08 bits per heavy atom. The van der Waals surface area contributed by atoms with Crippen LogP contribution in [0, 0.1) is 0 Å². The molecule has 1 N–H and O–H groups in total. The van der Waals surface area contributed by atoms with Gasteiger partial charge in [-0.3, -0.25) is 4.79 Å². The highest BCUT2D eigenvalue weighted by atomic mass is 35.5. The zero-order valence-electron chi connectivity index (χ0n) is 12.5. The molecule has 3 rings (SSSR count). The number of amidine groups is 1. The molecule has 0 atom stereocenters. The van der Waals surface area contributed by atoms with Gasteiger partial charge in [-0.2, -0.15) is 13.2 Å². The molecule has 1 fully saturated rings. The lowest BCUT2D eigenvalue weighted by Gasteiger charge is -2.09. The van der Waals surface area contributed by atoms with Crippen molar-refractivity contribution in [3.05, 3.63) is 69.6 Å². The number of halogens is 4. The van der Waals surface area contributed by atoms with E-state index in [1.165, 1.54) is 18.2 Å². The first-order valence-electron chi connectivity index (χ1n) is 7.05. The number of nitrogens with one attached hydrogen (secondary N) is 1. The number of nitrogens with zero attached hydrogens (tertiary/aromatic N) is 1. The molecule has 1 saturated heterocycles. The smallest absolute Gasteiger partial charge is 0.300 e. The molecule has 0 unspecified atom stereocenters. The second-order valence-corrected chi connectivity index (χ2v) is 6.46. The summed E-state index contributed by atoms with van der Waals surface area (Å²) in [6.07, 6.45) is -2.95. The summed E-state index contributed by atoms with van der Waals surface area (Å²) in [5.41, 5.74) is -0.476. The minimum Gasteiger partial charge on any atom is -0.300 e. The van der Waals surface area contributed by atoms with Crippen LogP contribution in [0.1, 0.15) is 11.1 Å². The van der Waals surface area contributed by atoms with Crippen LogP contribution in [-0.2, 0) is 11.0 Å². The lowest BCUT2D eigenvalue weighted by molar-refractivity contribution is -0.137. The molecule has 3 nitrogen and oxygen atoms in total. The highest BCUT2D eigenvalue weighted by Crippen LogP contribution is 2.37. The van der Waals surface area contributed by atoms with E-state index in [9.17, 15) is 18.0 Å². The third kappa shape index (κ3) is 4.05. The Morgan fingerprint density at radius 2 is 1.76 bits per heavy atom. The fourth-order valence-electron chi connectivity index (χ4n) is 2.13. The normalized spacial score (nSPS) is 18.0. The van der Waals surface area contributed by atoms with E-state index < -0.39 is 17.6 Å². The Hall–Kier alpha value is -2.25. The van der Waals surface area contributed by atoms with E-state index in [-0.39, 0.29) is 10.9 Å². The summed E-state index contributed by atoms with van der Waals surface area (Å²) in [5.74, 6) is -0.437. The number of carbonyl (C=O) groups excluding carboxylic acids is 1. The van der Waals surface area contributed by atoms with Crippen molar-refractivity contribution in [3.63, 3.8) is 0 Å². The Kier molecular flexibility index (Phi) is 4.87. The van der Waals surface area contributed by atoms with Gasteiger partial charge in [0.25, 0.3) is 5.91 Å². The lowest BCUT2D eigenvalue weighted by Crippen LogP contribution is -2.19. The van der Waals surface area contributed by atoms with Crippen LogP contribution in [0.5, 0.6) is 0 Å². The Labute approximate surface area is 150 Å². The van der Waals surface area contributed by atoms with Gasteiger partial charge in [-0.05, 0) is 41.6 Å². The molecule has 1 heterocycles. The molecule has 25 heavy (non-hydrogen) atoms. The molecule has 0 aromatic heterocycles. The van der Waals surface area contributed by atoms with Gasteiger partial charge in [0.2, 0.25) is 0 Å². The monoisotopic (exact) mass is 382 g/mol. The summed E-state index contributed by atoms with van der Waals surface area (Å²) < 4.78 is 39.1. The molecule has 1 amide bonds. The van der Waals surface area contributed by atoms with E-state index in [2.05, 4.69) is 10.3 Å². The highest BCUT2D eigenvalue weighted by Gasteiger charge is 2.34. The van der Waals surface area contributed by atoms with Crippen LogP contribution in [-0.4, -0.2) is 11.1 Å². The first kappa shape index (κ1) is 17.6. The average Bonchev–Trinajstić information content (AvgIpc) is 2.88. The van der Waals surface area contributed by atoms with Gasteiger partial charge >= 0.3 is 6.18 Å². The van der Waals surface area contributed by atoms with Crippen LogP contribution in [0.2, 0.25) is 5.02 Å². The van der Waals surface area contributed by atoms with Crippen molar-refractivity contribution in [2.75, 3.05) is 0 Å². The quantitative estimate of drug-likeness (QED) is 0.721. The molecule has 0 spiro atoms. The van der Waals surface area contributed by atoms with Gasteiger partial charge in [0.15, 0.2) is 5.17 Å². The molecule has 2 aromatic rings.